The molecule has 186 valence electrons. The highest BCUT2D eigenvalue weighted by atomic mass is 19.4. The number of hydrogen-bond donors (Lipinski definition) is 0. The molecule has 1 aromatic heterocycles. The number of anilines is 1. The van der Waals surface area contributed by atoms with Crippen LogP contribution < -0.4 is 4.90 Å². The van der Waals surface area contributed by atoms with E-state index in [-0.39, 0.29) is 11.8 Å². The number of piperidine rings is 1. The third-order valence-corrected chi connectivity index (χ3v) is 7.23. The number of fused-ring (bicyclic) bond motifs is 1. The zero-order valence-electron chi connectivity index (χ0n) is 19.8. The summed E-state index contributed by atoms with van der Waals surface area (Å²) in [5, 5.41) is 0. The molecule has 2 fully saturated rings. The second-order valence-corrected chi connectivity index (χ2v) is 9.51. The summed E-state index contributed by atoms with van der Waals surface area (Å²) in [5.41, 5.74) is 1.99. The predicted molar refractivity (Wildman–Crippen MR) is 129 cm³/mol. The van der Waals surface area contributed by atoms with Crippen molar-refractivity contribution in [2.24, 2.45) is 13.0 Å². The van der Waals surface area contributed by atoms with Gasteiger partial charge in [0.1, 0.15) is 5.82 Å². The first-order chi connectivity index (χ1) is 16.8. The van der Waals surface area contributed by atoms with Crippen molar-refractivity contribution < 1.29 is 18.0 Å². The van der Waals surface area contributed by atoms with Gasteiger partial charge in [0, 0.05) is 45.5 Å². The van der Waals surface area contributed by atoms with E-state index >= 15 is 0 Å². The standard InChI is InChI=1S/C26H30F3N5O/c1-31-23-10-3-2-9-22(23)30-24(31)18-32-11-5-6-19(17-32)25(35)34-14-12-33(13-15-34)21-8-4-7-20(16-21)26(27,28)29/h2-4,7-10,16,19H,5-6,11-15,17-18H2,1H3/t19-/m0/s1. The number of aromatic nitrogens is 2. The quantitative estimate of drug-likeness (QED) is 0.557. The summed E-state index contributed by atoms with van der Waals surface area (Å²) in [6.45, 7) is 4.46. The Bertz CT molecular complexity index is 1200. The van der Waals surface area contributed by atoms with E-state index in [2.05, 4.69) is 15.5 Å². The van der Waals surface area contributed by atoms with E-state index in [1.54, 1.807) is 6.07 Å². The Balaban J connectivity index is 1.18. The van der Waals surface area contributed by atoms with Crippen molar-refractivity contribution in [3.8, 4) is 0 Å². The number of carbonyl (C=O) groups excluding carboxylic acids is 1. The molecule has 1 amide bonds. The molecule has 0 N–H and O–H groups in total. The number of aryl methyl sites for hydroxylation is 1. The molecule has 3 heterocycles. The largest absolute Gasteiger partial charge is 0.416 e. The fraction of sp³-hybridized carbons (Fsp3) is 0.462. The van der Waals surface area contributed by atoms with E-state index in [4.69, 9.17) is 4.98 Å². The van der Waals surface area contributed by atoms with Crippen LogP contribution in [-0.4, -0.2) is 64.5 Å². The van der Waals surface area contributed by atoms with Crippen molar-refractivity contribution in [3.63, 3.8) is 0 Å². The third-order valence-electron chi connectivity index (χ3n) is 7.23. The first kappa shape index (κ1) is 23.7. The van der Waals surface area contributed by atoms with Crippen LogP contribution in [0.3, 0.4) is 0 Å². The van der Waals surface area contributed by atoms with Gasteiger partial charge in [0.05, 0.1) is 29.1 Å². The van der Waals surface area contributed by atoms with Crippen LogP contribution in [0.25, 0.3) is 11.0 Å². The van der Waals surface area contributed by atoms with Gasteiger partial charge in [-0.2, -0.15) is 13.2 Å². The highest BCUT2D eigenvalue weighted by Crippen LogP contribution is 2.32. The molecule has 3 aromatic rings. The number of imidazole rings is 1. The number of rotatable bonds is 4. The van der Waals surface area contributed by atoms with Crippen LogP contribution in [0.2, 0.25) is 0 Å². The normalized spacial score (nSPS) is 19.9. The number of benzene rings is 2. The van der Waals surface area contributed by atoms with Gasteiger partial charge in [-0.1, -0.05) is 18.2 Å². The van der Waals surface area contributed by atoms with Crippen molar-refractivity contribution >= 4 is 22.6 Å². The van der Waals surface area contributed by atoms with E-state index in [0.29, 0.717) is 45.0 Å². The molecule has 0 aliphatic carbocycles. The molecular formula is C26H30F3N5O. The van der Waals surface area contributed by atoms with Crippen LogP contribution in [0.5, 0.6) is 0 Å². The van der Waals surface area contributed by atoms with Gasteiger partial charge in [0.15, 0.2) is 0 Å². The molecule has 2 aromatic carbocycles. The molecule has 5 rings (SSSR count). The van der Waals surface area contributed by atoms with E-state index in [0.717, 1.165) is 42.3 Å². The number of hydrogen-bond acceptors (Lipinski definition) is 4. The second kappa shape index (κ2) is 9.53. The Labute approximate surface area is 202 Å². The van der Waals surface area contributed by atoms with Gasteiger partial charge in [0.25, 0.3) is 0 Å². The van der Waals surface area contributed by atoms with Gasteiger partial charge in [-0.05, 0) is 49.7 Å². The summed E-state index contributed by atoms with van der Waals surface area (Å²) in [7, 11) is 2.03. The van der Waals surface area contributed by atoms with Crippen LogP contribution in [0.15, 0.2) is 48.5 Å². The molecule has 0 saturated carbocycles. The monoisotopic (exact) mass is 485 g/mol. The number of para-hydroxylation sites is 2. The number of piperazine rings is 1. The maximum Gasteiger partial charge on any atom is 0.416 e. The van der Waals surface area contributed by atoms with Gasteiger partial charge in [-0.25, -0.2) is 4.98 Å². The summed E-state index contributed by atoms with van der Waals surface area (Å²) < 4.78 is 41.3. The zero-order chi connectivity index (χ0) is 24.6. The SMILES string of the molecule is Cn1c(CN2CCC[C@H](C(=O)N3CCN(c4cccc(C(F)(F)F)c4)CC3)C2)nc2ccccc21. The van der Waals surface area contributed by atoms with E-state index in [9.17, 15) is 18.0 Å². The number of amides is 1. The van der Waals surface area contributed by atoms with Crippen LogP contribution in [0.4, 0.5) is 18.9 Å². The Hall–Kier alpha value is -3.07. The first-order valence-corrected chi connectivity index (χ1v) is 12.1. The van der Waals surface area contributed by atoms with Crippen molar-refractivity contribution in [2.75, 3.05) is 44.2 Å². The first-order valence-electron chi connectivity index (χ1n) is 12.1. The number of likely N-dealkylation sites (tertiary alicyclic amines) is 1. The highest BCUT2D eigenvalue weighted by Gasteiger charge is 2.33. The summed E-state index contributed by atoms with van der Waals surface area (Å²) in [6, 6.07) is 13.5. The molecule has 0 spiro atoms. The fourth-order valence-electron chi connectivity index (χ4n) is 5.26. The number of halogens is 3. The molecule has 0 unspecified atom stereocenters. The van der Waals surface area contributed by atoms with Gasteiger partial charge < -0.3 is 14.4 Å². The van der Waals surface area contributed by atoms with Crippen LogP contribution >= 0.6 is 0 Å². The fourth-order valence-corrected chi connectivity index (χ4v) is 5.26. The molecule has 6 nitrogen and oxygen atoms in total. The summed E-state index contributed by atoms with van der Waals surface area (Å²) in [4.78, 5) is 24.2. The van der Waals surface area contributed by atoms with E-state index < -0.39 is 11.7 Å². The number of carbonyl (C=O) groups is 1. The van der Waals surface area contributed by atoms with Crippen molar-refractivity contribution in [3.05, 3.63) is 59.9 Å². The molecule has 1 atom stereocenters. The Morgan fingerprint density at radius 3 is 2.54 bits per heavy atom. The topological polar surface area (TPSA) is 44.6 Å². The molecule has 2 aliphatic rings. The second-order valence-electron chi connectivity index (χ2n) is 9.51. The predicted octanol–water partition coefficient (Wildman–Crippen LogP) is 4.15. The molecule has 35 heavy (non-hydrogen) atoms. The number of alkyl halides is 3. The smallest absolute Gasteiger partial charge is 0.368 e. The van der Waals surface area contributed by atoms with Crippen LogP contribution in [-0.2, 0) is 24.6 Å². The van der Waals surface area contributed by atoms with Gasteiger partial charge in [-0.3, -0.25) is 9.69 Å². The summed E-state index contributed by atoms with van der Waals surface area (Å²) in [5.74, 6) is 1.09. The Kier molecular flexibility index (Phi) is 6.44. The van der Waals surface area contributed by atoms with E-state index in [1.165, 1.54) is 12.1 Å². The Morgan fingerprint density at radius 2 is 1.80 bits per heavy atom. The van der Waals surface area contributed by atoms with Gasteiger partial charge >= 0.3 is 6.18 Å². The minimum atomic E-state index is -4.36. The molecule has 0 radical (unpaired) electrons. The van der Waals surface area contributed by atoms with E-state index in [1.807, 2.05) is 35.0 Å². The molecule has 9 heteroatoms. The van der Waals surface area contributed by atoms with Crippen molar-refractivity contribution in [1.29, 1.82) is 0 Å². The summed E-state index contributed by atoms with van der Waals surface area (Å²) in [6.07, 6.45) is -2.53. The van der Waals surface area contributed by atoms with Crippen LogP contribution in [0, 0.1) is 5.92 Å². The lowest BCUT2D eigenvalue weighted by Crippen LogP contribution is -2.52. The molecular weight excluding hydrogens is 455 g/mol. The van der Waals surface area contributed by atoms with Gasteiger partial charge in [0.2, 0.25) is 5.91 Å². The minimum Gasteiger partial charge on any atom is -0.368 e. The third kappa shape index (κ3) is 5.00. The molecule has 0 bridgehead atoms. The molecule has 2 saturated heterocycles. The highest BCUT2D eigenvalue weighted by molar-refractivity contribution is 5.79. The van der Waals surface area contributed by atoms with Crippen molar-refractivity contribution in [2.45, 2.75) is 25.6 Å². The lowest BCUT2D eigenvalue weighted by atomic mass is 9.96. The van der Waals surface area contributed by atoms with Crippen molar-refractivity contribution in [1.82, 2.24) is 19.4 Å². The zero-order valence-corrected chi connectivity index (χ0v) is 19.8. The average Bonchev–Trinajstić information content (AvgIpc) is 3.18. The lowest BCUT2D eigenvalue weighted by Gasteiger charge is -2.39. The number of nitrogens with zero attached hydrogens (tertiary/aromatic N) is 5. The average molecular weight is 486 g/mol. The van der Waals surface area contributed by atoms with Gasteiger partial charge in [-0.15, -0.1) is 0 Å². The van der Waals surface area contributed by atoms with Crippen LogP contribution in [0.1, 0.15) is 24.2 Å². The summed E-state index contributed by atoms with van der Waals surface area (Å²) >= 11 is 0. The maximum atomic E-state index is 13.3. The molecule has 2 aliphatic heterocycles. The lowest BCUT2D eigenvalue weighted by molar-refractivity contribution is -0.138. The maximum absolute atomic E-state index is 13.3. The minimum absolute atomic E-state index is 0.0569. The Morgan fingerprint density at radius 1 is 1.03 bits per heavy atom.